The van der Waals surface area contributed by atoms with Crippen LogP contribution in [0, 0.1) is 5.92 Å². The van der Waals surface area contributed by atoms with E-state index in [2.05, 4.69) is 24.7 Å². The summed E-state index contributed by atoms with van der Waals surface area (Å²) in [7, 11) is 3.54. The Morgan fingerprint density at radius 1 is 0.692 bits per heavy atom. The molecule has 4 nitrogen and oxygen atoms in total. The molecule has 1 unspecified atom stereocenters. The number of nitrogens with zero attached hydrogens (tertiary/aromatic N) is 1. The number of hydrazine groups is 2. The van der Waals surface area contributed by atoms with Crippen LogP contribution in [0.2, 0.25) is 0 Å². The zero-order chi connectivity index (χ0) is 19.5. The van der Waals surface area contributed by atoms with Crippen LogP contribution in [-0.4, -0.2) is 25.1 Å². The molecule has 0 rings (SSSR count). The fraction of sp³-hybridized carbons (Fsp3) is 0.955. The summed E-state index contributed by atoms with van der Waals surface area (Å²) >= 11 is 0. The van der Waals surface area contributed by atoms with Crippen LogP contribution in [0.1, 0.15) is 117 Å². The van der Waals surface area contributed by atoms with Gasteiger partial charge in [0.2, 0.25) is 0 Å². The number of hydrogen-bond acceptors (Lipinski definition) is 3. The molecule has 0 aromatic carbocycles. The van der Waals surface area contributed by atoms with Crippen molar-refractivity contribution in [3.05, 3.63) is 0 Å². The molecule has 0 saturated carbocycles. The predicted octanol–water partition coefficient (Wildman–Crippen LogP) is 5.98. The average Bonchev–Trinajstić information content (AvgIpc) is 2.66. The van der Waals surface area contributed by atoms with Crippen LogP contribution in [0.25, 0.3) is 0 Å². The van der Waals surface area contributed by atoms with Gasteiger partial charge in [0.25, 0.3) is 5.91 Å². The van der Waals surface area contributed by atoms with Crippen molar-refractivity contribution in [2.45, 2.75) is 117 Å². The van der Waals surface area contributed by atoms with Gasteiger partial charge in [-0.05, 0) is 12.8 Å². The lowest BCUT2D eigenvalue weighted by atomic mass is 9.97. The van der Waals surface area contributed by atoms with Gasteiger partial charge in [-0.2, -0.15) is 0 Å². The van der Waals surface area contributed by atoms with Crippen molar-refractivity contribution in [3.8, 4) is 0 Å². The van der Waals surface area contributed by atoms with Gasteiger partial charge in [0.1, 0.15) is 0 Å². The van der Waals surface area contributed by atoms with Crippen LogP contribution in [-0.2, 0) is 4.79 Å². The number of carbonyl (C=O) groups excluding carboxylic acids is 1. The molecule has 0 fully saturated rings. The van der Waals surface area contributed by atoms with Gasteiger partial charge in [0.05, 0.1) is 0 Å². The number of nitrogens with one attached hydrogen (secondary N) is 2. The lowest BCUT2D eigenvalue weighted by molar-refractivity contribution is -0.142. The highest BCUT2D eigenvalue weighted by molar-refractivity contribution is 5.77. The number of hydrogen-bond donors (Lipinski definition) is 2. The third kappa shape index (κ3) is 13.6. The minimum absolute atomic E-state index is 0.132. The van der Waals surface area contributed by atoms with Gasteiger partial charge in [0.15, 0.2) is 0 Å². The maximum atomic E-state index is 12.3. The molecule has 0 saturated heterocycles. The summed E-state index contributed by atoms with van der Waals surface area (Å²) in [6.45, 7) is 4.39. The van der Waals surface area contributed by atoms with E-state index < -0.39 is 0 Å². The predicted molar refractivity (Wildman–Crippen MR) is 114 cm³/mol. The Balaban J connectivity index is 3.45. The molecule has 1 atom stereocenters. The van der Waals surface area contributed by atoms with E-state index in [4.69, 9.17) is 0 Å². The molecule has 4 heteroatoms. The average molecular weight is 370 g/mol. The molecule has 0 aliphatic rings. The van der Waals surface area contributed by atoms with Crippen LogP contribution in [0.5, 0.6) is 0 Å². The van der Waals surface area contributed by atoms with Crippen LogP contribution in [0.3, 0.4) is 0 Å². The second kappa shape index (κ2) is 19.2. The zero-order valence-corrected chi connectivity index (χ0v) is 18.2. The van der Waals surface area contributed by atoms with Crippen molar-refractivity contribution in [1.82, 2.24) is 16.0 Å². The smallest absolute Gasteiger partial charge is 0.254 e. The van der Waals surface area contributed by atoms with E-state index in [1.807, 2.05) is 0 Å². The van der Waals surface area contributed by atoms with Crippen LogP contribution in [0.4, 0.5) is 0 Å². The lowest BCUT2D eigenvalue weighted by Gasteiger charge is -2.24. The molecule has 0 spiro atoms. The largest absolute Gasteiger partial charge is 0.272 e. The van der Waals surface area contributed by atoms with Gasteiger partial charge in [-0.3, -0.25) is 4.79 Å². The minimum Gasteiger partial charge on any atom is -0.272 e. The van der Waals surface area contributed by atoms with E-state index in [-0.39, 0.29) is 11.8 Å². The summed E-state index contributed by atoms with van der Waals surface area (Å²) in [5.41, 5.74) is 5.78. The molecule has 0 bridgehead atoms. The summed E-state index contributed by atoms with van der Waals surface area (Å²) in [5.74, 6) is 0.291. The quantitative estimate of drug-likeness (QED) is 0.217. The fourth-order valence-electron chi connectivity index (χ4n) is 3.60. The maximum Gasteiger partial charge on any atom is 0.254 e. The first-order valence-corrected chi connectivity index (χ1v) is 11.4. The van der Waals surface area contributed by atoms with Crippen LogP contribution >= 0.6 is 0 Å². The lowest BCUT2D eigenvalue weighted by Crippen LogP contribution is -2.50. The topological polar surface area (TPSA) is 44.4 Å². The van der Waals surface area contributed by atoms with E-state index in [0.717, 1.165) is 12.8 Å². The molecule has 0 radical (unpaired) electrons. The number of carbonyl (C=O) groups is 1. The Bertz CT molecular complexity index is 306. The van der Waals surface area contributed by atoms with E-state index in [1.165, 1.54) is 95.0 Å². The third-order valence-corrected chi connectivity index (χ3v) is 5.42. The number of unbranched alkanes of at least 4 members (excludes halogenated alkanes) is 13. The van der Waals surface area contributed by atoms with Crippen LogP contribution in [0.15, 0.2) is 0 Å². The highest BCUT2D eigenvalue weighted by atomic mass is 16.2. The van der Waals surface area contributed by atoms with Crippen molar-refractivity contribution < 1.29 is 4.79 Å². The van der Waals surface area contributed by atoms with Crippen molar-refractivity contribution in [2.24, 2.45) is 5.92 Å². The molecule has 0 aromatic rings. The summed E-state index contributed by atoms with van der Waals surface area (Å²) in [4.78, 5) is 12.3. The number of rotatable bonds is 19. The second-order valence-electron chi connectivity index (χ2n) is 7.61. The van der Waals surface area contributed by atoms with Gasteiger partial charge in [-0.25, -0.2) is 16.0 Å². The van der Waals surface area contributed by atoms with Crippen molar-refractivity contribution in [3.63, 3.8) is 0 Å². The molecule has 1 amide bonds. The molecular weight excluding hydrogens is 322 g/mol. The first-order valence-electron chi connectivity index (χ1n) is 11.4. The summed E-state index contributed by atoms with van der Waals surface area (Å²) in [6, 6.07) is 0. The van der Waals surface area contributed by atoms with E-state index in [9.17, 15) is 4.79 Å². The Kier molecular flexibility index (Phi) is 18.7. The van der Waals surface area contributed by atoms with Crippen LogP contribution < -0.4 is 10.9 Å². The van der Waals surface area contributed by atoms with Crippen molar-refractivity contribution in [2.75, 3.05) is 14.1 Å². The molecule has 0 heterocycles. The molecule has 2 N–H and O–H groups in total. The van der Waals surface area contributed by atoms with Gasteiger partial charge in [-0.1, -0.05) is 104 Å². The highest BCUT2D eigenvalue weighted by Crippen LogP contribution is 2.17. The molecule has 26 heavy (non-hydrogen) atoms. The van der Waals surface area contributed by atoms with Crippen molar-refractivity contribution >= 4 is 5.91 Å². The monoisotopic (exact) mass is 369 g/mol. The first kappa shape index (κ1) is 25.4. The van der Waals surface area contributed by atoms with E-state index >= 15 is 0 Å². The third-order valence-electron chi connectivity index (χ3n) is 5.42. The fourth-order valence-corrected chi connectivity index (χ4v) is 3.60. The van der Waals surface area contributed by atoms with E-state index in [1.54, 1.807) is 14.1 Å². The molecule has 0 aromatic heterocycles. The molecule has 0 aliphatic heterocycles. The molecular formula is C22H47N3O. The van der Waals surface area contributed by atoms with Gasteiger partial charge in [0, 0.05) is 20.0 Å². The number of amides is 1. The minimum atomic E-state index is 0.132. The summed E-state index contributed by atoms with van der Waals surface area (Å²) < 4.78 is 0. The normalized spacial score (nSPS) is 12.3. The van der Waals surface area contributed by atoms with E-state index in [0.29, 0.717) is 0 Å². The van der Waals surface area contributed by atoms with Gasteiger partial charge in [-0.15, -0.1) is 0 Å². The Labute approximate surface area is 163 Å². The second-order valence-corrected chi connectivity index (χ2v) is 7.61. The first-order chi connectivity index (χ1) is 12.7. The molecule has 156 valence electrons. The van der Waals surface area contributed by atoms with Crippen molar-refractivity contribution in [1.29, 1.82) is 0 Å². The SMILES string of the molecule is CCCCCCCCCCCCCCCCC(CC)C(=O)N(NC)NC. The van der Waals surface area contributed by atoms with Gasteiger partial charge < -0.3 is 0 Å². The Hall–Kier alpha value is -0.610. The highest BCUT2D eigenvalue weighted by Gasteiger charge is 2.20. The summed E-state index contributed by atoms with van der Waals surface area (Å²) in [5, 5.41) is 1.50. The summed E-state index contributed by atoms with van der Waals surface area (Å²) in [6.07, 6.45) is 21.2. The zero-order valence-electron chi connectivity index (χ0n) is 18.2. The Morgan fingerprint density at radius 3 is 1.42 bits per heavy atom. The standard InChI is InChI=1S/C22H47N3O/c1-5-7-8-9-10-11-12-13-14-15-16-17-18-19-20-21(6-2)22(26)25(23-3)24-4/h21,23-24H,5-20H2,1-4H3. The Morgan fingerprint density at radius 2 is 1.08 bits per heavy atom. The molecule has 0 aliphatic carbocycles. The van der Waals surface area contributed by atoms with Gasteiger partial charge >= 0.3 is 0 Å². The maximum absolute atomic E-state index is 12.3.